The number of rotatable bonds is 10. The van der Waals surface area contributed by atoms with Crippen LogP contribution >= 0.6 is 11.8 Å². The van der Waals surface area contributed by atoms with E-state index in [-0.39, 0.29) is 5.91 Å². The molecular formula is C22H26N4O2S. The number of nitrogens with one attached hydrogen (secondary N) is 1. The lowest BCUT2D eigenvalue weighted by Gasteiger charge is -2.08. The fourth-order valence-corrected chi connectivity index (χ4v) is 3.81. The molecule has 3 rings (SSSR count). The van der Waals surface area contributed by atoms with E-state index >= 15 is 0 Å². The van der Waals surface area contributed by atoms with Gasteiger partial charge in [0.2, 0.25) is 5.91 Å². The van der Waals surface area contributed by atoms with Gasteiger partial charge in [-0.2, -0.15) is 0 Å². The molecule has 1 amide bonds. The molecule has 152 valence electrons. The van der Waals surface area contributed by atoms with Crippen LogP contribution in [0.4, 0.5) is 0 Å². The molecule has 2 aromatic carbocycles. The molecule has 0 radical (unpaired) electrons. The molecule has 3 aromatic rings. The Morgan fingerprint density at radius 3 is 2.48 bits per heavy atom. The Morgan fingerprint density at radius 2 is 1.79 bits per heavy atom. The van der Waals surface area contributed by atoms with Gasteiger partial charge in [0.05, 0.1) is 12.9 Å². The van der Waals surface area contributed by atoms with Crippen LogP contribution in [0.1, 0.15) is 23.9 Å². The minimum absolute atomic E-state index is 0.0256. The van der Waals surface area contributed by atoms with Crippen LogP contribution in [-0.2, 0) is 30.7 Å². The Balaban J connectivity index is 1.49. The summed E-state index contributed by atoms with van der Waals surface area (Å²) in [6, 6.07) is 18.0. The zero-order chi connectivity index (χ0) is 20.5. The topological polar surface area (TPSA) is 69.0 Å². The fraction of sp³-hybridized carbons (Fsp3) is 0.318. The smallest absolute Gasteiger partial charge is 0.230 e. The highest BCUT2D eigenvalue weighted by Gasteiger charge is 2.13. The standard InChI is InChI=1S/C22H26N4O2S/c1-3-26-20(14-11-17-7-5-4-6-8-17)24-25-22(26)29-16-21(27)23-15-18-9-12-19(28-2)13-10-18/h4-10,12-13H,3,11,14-16H2,1-2H3,(H,23,27). The summed E-state index contributed by atoms with van der Waals surface area (Å²) >= 11 is 1.42. The second kappa shape index (κ2) is 10.7. The van der Waals surface area contributed by atoms with Gasteiger partial charge < -0.3 is 14.6 Å². The lowest BCUT2D eigenvalue weighted by Crippen LogP contribution is -2.24. The highest BCUT2D eigenvalue weighted by atomic mass is 32.2. The number of nitrogens with zero attached hydrogens (tertiary/aromatic N) is 3. The molecule has 0 aliphatic rings. The van der Waals surface area contributed by atoms with E-state index in [1.54, 1.807) is 7.11 Å². The highest BCUT2D eigenvalue weighted by molar-refractivity contribution is 7.99. The zero-order valence-electron chi connectivity index (χ0n) is 16.8. The number of carbonyl (C=O) groups excluding carboxylic acids is 1. The summed E-state index contributed by atoms with van der Waals surface area (Å²) in [6.07, 6.45) is 1.75. The number of methoxy groups -OCH3 is 1. The molecule has 1 N–H and O–H groups in total. The van der Waals surface area contributed by atoms with Crippen LogP contribution in [0.25, 0.3) is 0 Å². The molecule has 0 atom stereocenters. The van der Waals surface area contributed by atoms with E-state index in [4.69, 9.17) is 4.74 Å². The fourth-order valence-electron chi connectivity index (χ4n) is 2.95. The van der Waals surface area contributed by atoms with Crippen LogP contribution in [0.15, 0.2) is 59.8 Å². The molecule has 29 heavy (non-hydrogen) atoms. The average Bonchev–Trinajstić information content (AvgIpc) is 3.17. The summed E-state index contributed by atoms with van der Waals surface area (Å²) in [5, 5.41) is 12.4. The first-order valence-electron chi connectivity index (χ1n) is 9.68. The van der Waals surface area contributed by atoms with Gasteiger partial charge in [0.25, 0.3) is 0 Å². The maximum Gasteiger partial charge on any atom is 0.230 e. The summed E-state index contributed by atoms with van der Waals surface area (Å²) in [6.45, 7) is 3.35. The predicted molar refractivity (Wildman–Crippen MR) is 115 cm³/mol. The quantitative estimate of drug-likeness (QED) is 0.518. The number of aryl methyl sites for hydroxylation is 2. The lowest BCUT2D eigenvalue weighted by molar-refractivity contribution is -0.118. The van der Waals surface area contributed by atoms with E-state index in [0.29, 0.717) is 12.3 Å². The number of benzene rings is 2. The van der Waals surface area contributed by atoms with Gasteiger partial charge in [0, 0.05) is 19.5 Å². The van der Waals surface area contributed by atoms with Gasteiger partial charge in [0.15, 0.2) is 5.16 Å². The van der Waals surface area contributed by atoms with Gasteiger partial charge in [0.1, 0.15) is 11.6 Å². The molecule has 0 aliphatic carbocycles. The molecule has 6 nitrogen and oxygen atoms in total. The minimum atomic E-state index is -0.0256. The Hall–Kier alpha value is -2.80. The monoisotopic (exact) mass is 410 g/mol. The number of ether oxygens (including phenoxy) is 1. The van der Waals surface area contributed by atoms with Gasteiger partial charge in [-0.1, -0.05) is 54.2 Å². The van der Waals surface area contributed by atoms with Gasteiger partial charge in [-0.25, -0.2) is 0 Å². The summed E-state index contributed by atoms with van der Waals surface area (Å²) in [5.74, 6) is 2.05. The van der Waals surface area contributed by atoms with E-state index in [2.05, 4.69) is 39.1 Å². The van der Waals surface area contributed by atoms with Crippen molar-refractivity contribution in [1.82, 2.24) is 20.1 Å². The third-order valence-electron chi connectivity index (χ3n) is 4.57. The van der Waals surface area contributed by atoms with Gasteiger partial charge in [-0.3, -0.25) is 4.79 Å². The van der Waals surface area contributed by atoms with Crippen LogP contribution < -0.4 is 10.1 Å². The van der Waals surface area contributed by atoms with Crippen LogP contribution in [0.5, 0.6) is 5.75 Å². The molecule has 0 unspecified atom stereocenters. The predicted octanol–water partition coefficient (Wildman–Crippen LogP) is 3.50. The Morgan fingerprint density at radius 1 is 1.03 bits per heavy atom. The van der Waals surface area contributed by atoms with E-state index < -0.39 is 0 Å². The largest absolute Gasteiger partial charge is 0.497 e. The summed E-state index contributed by atoms with van der Waals surface area (Å²) in [5.41, 5.74) is 2.31. The molecule has 0 fully saturated rings. The first kappa shape index (κ1) is 20.9. The molecule has 7 heteroatoms. The number of aromatic nitrogens is 3. The van der Waals surface area contributed by atoms with E-state index in [1.165, 1.54) is 17.3 Å². The molecule has 0 bridgehead atoms. The van der Waals surface area contributed by atoms with E-state index in [0.717, 1.165) is 41.7 Å². The zero-order valence-corrected chi connectivity index (χ0v) is 17.6. The van der Waals surface area contributed by atoms with Crippen molar-refractivity contribution in [3.05, 3.63) is 71.5 Å². The van der Waals surface area contributed by atoms with Crippen LogP contribution in [-0.4, -0.2) is 33.5 Å². The molecule has 1 heterocycles. The number of amides is 1. The average molecular weight is 411 g/mol. The first-order chi connectivity index (χ1) is 14.2. The van der Waals surface area contributed by atoms with E-state index in [1.807, 2.05) is 42.5 Å². The van der Waals surface area contributed by atoms with Gasteiger partial charge >= 0.3 is 0 Å². The SMILES string of the molecule is CCn1c(CCc2ccccc2)nnc1SCC(=O)NCc1ccc(OC)cc1. The third-order valence-corrected chi connectivity index (χ3v) is 5.54. The summed E-state index contributed by atoms with van der Waals surface area (Å²) < 4.78 is 7.23. The molecular weight excluding hydrogens is 384 g/mol. The van der Waals surface area contributed by atoms with Crippen molar-refractivity contribution in [2.75, 3.05) is 12.9 Å². The van der Waals surface area contributed by atoms with Crippen LogP contribution in [0, 0.1) is 0 Å². The molecule has 0 spiro atoms. The molecule has 0 saturated carbocycles. The second-order valence-electron chi connectivity index (χ2n) is 6.54. The maximum atomic E-state index is 12.2. The van der Waals surface area contributed by atoms with Crippen molar-refractivity contribution >= 4 is 17.7 Å². The minimum Gasteiger partial charge on any atom is -0.497 e. The van der Waals surface area contributed by atoms with Crippen molar-refractivity contribution in [1.29, 1.82) is 0 Å². The van der Waals surface area contributed by atoms with Crippen molar-refractivity contribution in [3.63, 3.8) is 0 Å². The van der Waals surface area contributed by atoms with Crippen LogP contribution in [0.3, 0.4) is 0 Å². The second-order valence-corrected chi connectivity index (χ2v) is 7.48. The lowest BCUT2D eigenvalue weighted by atomic mass is 10.1. The Kier molecular flexibility index (Phi) is 7.69. The van der Waals surface area contributed by atoms with Crippen molar-refractivity contribution in [2.45, 2.75) is 38.0 Å². The van der Waals surface area contributed by atoms with Gasteiger partial charge in [-0.15, -0.1) is 10.2 Å². The van der Waals surface area contributed by atoms with Crippen molar-refractivity contribution in [3.8, 4) is 5.75 Å². The van der Waals surface area contributed by atoms with Crippen molar-refractivity contribution < 1.29 is 9.53 Å². The van der Waals surface area contributed by atoms with Gasteiger partial charge in [-0.05, 0) is 36.6 Å². The number of carbonyl (C=O) groups is 1. The first-order valence-corrected chi connectivity index (χ1v) is 10.7. The van der Waals surface area contributed by atoms with Crippen LogP contribution in [0.2, 0.25) is 0 Å². The number of hydrogen-bond donors (Lipinski definition) is 1. The molecule has 0 aliphatic heterocycles. The molecule has 1 aromatic heterocycles. The number of hydrogen-bond acceptors (Lipinski definition) is 5. The Bertz CT molecular complexity index is 910. The summed E-state index contributed by atoms with van der Waals surface area (Å²) in [7, 11) is 1.64. The summed E-state index contributed by atoms with van der Waals surface area (Å²) in [4.78, 5) is 12.2. The number of thioether (sulfide) groups is 1. The highest BCUT2D eigenvalue weighted by Crippen LogP contribution is 2.18. The van der Waals surface area contributed by atoms with Crippen molar-refractivity contribution in [2.24, 2.45) is 0 Å². The van der Waals surface area contributed by atoms with E-state index in [9.17, 15) is 4.79 Å². The third kappa shape index (κ3) is 6.09. The maximum absolute atomic E-state index is 12.2. The normalized spacial score (nSPS) is 10.7. The Labute approximate surface area is 175 Å². The molecule has 0 saturated heterocycles.